The summed E-state index contributed by atoms with van der Waals surface area (Å²) >= 11 is 0. The zero-order chi connectivity index (χ0) is 27.4. The van der Waals surface area contributed by atoms with Crippen molar-refractivity contribution in [1.82, 2.24) is 4.90 Å². The summed E-state index contributed by atoms with van der Waals surface area (Å²) in [6.07, 6.45) is 11.8. The predicted molar refractivity (Wildman–Crippen MR) is 149 cm³/mol. The average molecular weight is 512 g/mol. The van der Waals surface area contributed by atoms with Crippen LogP contribution in [-0.2, 0) is 14.3 Å². The number of hydrogen-bond donors (Lipinski definition) is 0. The van der Waals surface area contributed by atoms with Crippen molar-refractivity contribution < 1.29 is 14.3 Å². The molecule has 0 aromatic heterocycles. The summed E-state index contributed by atoms with van der Waals surface area (Å²) in [4.78, 5) is 29.8. The molecule has 0 aromatic carbocycles. The van der Waals surface area contributed by atoms with Crippen LogP contribution in [0.3, 0.4) is 0 Å². The molecule has 37 heavy (non-hydrogen) atoms. The van der Waals surface area contributed by atoms with E-state index in [4.69, 9.17) is 4.74 Å². The van der Waals surface area contributed by atoms with E-state index in [0.717, 1.165) is 38.5 Å². The molecule has 0 saturated heterocycles. The van der Waals surface area contributed by atoms with E-state index in [1.54, 1.807) is 0 Å². The predicted octanol–water partition coefficient (Wildman–Crippen LogP) is 7.07. The fraction of sp³-hybridized carbons (Fsp3) is 0.879. The van der Waals surface area contributed by atoms with Crippen molar-refractivity contribution in [2.24, 2.45) is 50.2 Å². The van der Waals surface area contributed by atoms with Crippen molar-refractivity contribution in [3.63, 3.8) is 0 Å². The summed E-state index contributed by atoms with van der Waals surface area (Å²) in [7, 11) is 5.98. The van der Waals surface area contributed by atoms with Gasteiger partial charge in [-0.2, -0.15) is 0 Å². The number of carbonyl (C=O) groups is 2. The molecule has 1 unspecified atom stereocenters. The third-order valence-corrected chi connectivity index (χ3v) is 13.9. The first-order valence-electron chi connectivity index (χ1n) is 15.0. The van der Waals surface area contributed by atoms with Gasteiger partial charge in [0.15, 0.2) is 5.78 Å². The Hall–Kier alpha value is -1.16. The molecule has 5 aliphatic carbocycles. The first-order chi connectivity index (χ1) is 17.0. The van der Waals surface area contributed by atoms with Gasteiger partial charge in [-0.15, -0.1) is 0 Å². The quantitative estimate of drug-likeness (QED) is 0.372. The Morgan fingerprint density at radius 2 is 1.57 bits per heavy atom. The standard InChI is InChI=1S/C33H53NO3/c1-28(2)24-11-14-33(7)26(31(24,5)13-12-25(28)34(8)9)23(35)19-21-22-20-30(4,27(36)37-10)16-15-29(22,3)17-18-32(21,33)6/h19,22,24-26H,11-18,20H2,1-10H3/t22-,24+,25?,26-,29-,30+,31+,32-,33-/m1/s1. The number of rotatable bonds is 2. The van der Waals surface area contributed by atoms with Crippen LogP contribution in [0.2, 0.25) is 0 Å². The van der Waals surface area contributed by atoms with E-state index in [9.17, 15) is 9.59 Å². The van der Waals surface area contributed by atoms with Gasteiger partial charge in [-0.1, -0.05) is 47.1 Å². The minimum atomic E-state index is -0.461. The molecule has 0 heterocycles. The van der Waals surface area contributed by atoms with E-state index in [1.807, 2.05) is 0 Å². The molecular weight excluding hydrogens is 458 g/mol. The fourth-order valence-electron chi connectivity index (χ4n) is 11.5. The van der Waals surface area contributed by atoms with E-state index in [1.165, 1.54) is 31.9 Å². The van der Waals surface area contributed by atoms with Crippen LogP contribution in [0, 0.1) is 50.2 Å². The summed E-state index contributed by atoms with van der Waals surface area (Å²) in [5, 5.41) is 0. The van der Waals surface area contributed by atoms with Crippen molar-refractivity contribution in [2.45, 2.75) is 112 Å². The van der Waals surface area contributed by atoms with Crippen molar-refractivity contribution in [3.8, 4) is 0 Å². The highest BCUT2D eigenvalue weighted by Gasteiger charge is 2.70. The molecule has 0 aliphatic heterocycles. The first kappa shape index (κ1) is 27.4. The van der Waals surface area contributed by atoms with Gasteiger partial charge >= 0.3 is 5.97 Å². The summed E-state index contributed by atoms with van der Waals surface area (Å²) < 4.78 is 5.28. The minimum Gasteiger partial charge on any atom is -0.469 e. The molecule has 9 atom stereocenters. The molecule has 4 saturated carbocycles. The van der Waals surface area contributed by atoms with Gasteiger partial charge in [0.05, 0.1) is 12.5 Å². The van der Waals surface area contributed by atoms with Crippen LogP contribution < -0.4 is 0 Å². The minimum absolute atomic E-state index is 0.000637. The van der Waals surface area contributed by atoms with Crippen molar-refractivity contribution in [3.05, 3.63) is 11.6 Å². The number of fused-ring (bicyclic) bond motifs is 7. The molecule has 0 spiro atoms. The molecule has 0 amide bonds. The highest BCUT2D eigenvalue weighted by molar-refractivity contribution is 5.95. The number of methoxy groups -OCH3 is 1. The normalized spacial score (nSPS) is 50.8. The van der Waals surface area contributed by atoms with Crippen LogP contribution in [-0.4, -0.2) is 43.9 Å². The number of ketones is 1. The molecule has 0 aromatic rings. The Morgan fingerprint density at radius 3 is 2.19 bits per heavy atom. The molecule has 5 aliphatic rings. The molecule has 4 fully saturated rings. The summed E-state index contributed by atoms with van der Waals surface area (Å²) in [5.41, 5.74) is 1.25. The van der Waals surface area contributed by atoms with Crippen LogP contribution in [0.15, 0.2) is 11.6 Å². The second-order valence-electron chi connectivity index (χ2n) is 16.1. The topological polar surface area (TPSA) is 46.6 Å². The molecule has 4 nitrogen and oxygen atoms in total. The largest absolute Gasteiger partial charge is 0.469 e. The number of allylic oxidation sites excluding steroid dienone is 2. The lowest BCUT2D eigenvalue weighted by Crippen LogP contribution is -2.67. The Kier molecular flexibility index (Phi) is 6.06. The van der Waals surface area contributed by atoms with Crippen LogP contribution in [0.5, 0.6) is 0 Å². The maximum Gasteiger partial charge on any atom is 0.311 e. The van der Waals surface area contributed by atoms with Gasteiger partial charge in [0, 0.05) is 12.0 Å². The average Bonchev–Trinajstić information content (AvgIpc) is 2.80. The Labute approximate surface area is 226 Å². The van der Waals surface area contributed by atoms with Gasteiger partial charge in [0.2, 0.25) is 0 Å². The van der Waals surface area contributed by atoms with E-state index in [0.29, 0.717) is 17.7 Å². The van der Waals surface area contributed by atoms with Gasteiger partial charge < -0.3 is 9.64 Å². The molecule has 4 heteroatoms. The maximum absolute atomic E-state index is 14.5. The highest BCUT2D eigenvalue weighted by atomic mass is 16.5. The van der Waals surface area contributed by atoms with Crippen molar-refractivity contribution >= 4 is 11.8 Å². The SMILES string of the molecule is COC(=O)[C@@]1(C)CC[C@]2(C)CC[C@]3(C)C(=CC(=O)[C@@H]4[C@@]5(C)CCC(N(C)C)C(C)(C)[C@@H]5CC[C@]43C)[C@H]2C1. The van der Waals surface area contributed by atoms with E-state index >= 15 is 0 Å². The molecule has 0 N–H and O–H groups in total. The third kappa shape index (κ3) is 3.42. The van der Waals surface area contributed by atoms with Crippen LogP contribution in [0.25, 0.3) is 0 Å². The maximum atomic E-state index is 14.5. The van der Waals surface area contributed by atoms with E-state index < -0.39 is 5.41 Å². The number of ether oxygens (including phenoxy) is 1. The highest BCUT2D eigenvalue weighted by Crippen LogP contribution is 2.75. The van der Waals surface area contributed by atoms with Crippen LogP contribution in [0.4, 0.5) is 0 Å². The zero-order valence-electron chi connectivity index (χ0n) is 25.4. The second kappa shape index (κ2) is 8.18. The van der Waals surface area contributed by atoms with Gasteiger partial charge in [0.1, 0.15) is 0 Å². The molecule has 0 radical (unpaired) electrons. The Bertz CT molecular complexity index is 1030. The van der Waals surface area contributed by atoms with Crippen molar-refractivity contribution in [1.29, 1.82) is 0 Å². The van der Waals surface area contributed by atoms with E-state index in [-0.39, 0.29) is 44.9 Å². The molecule has 0 bridgehead atoms. The second-order valence-corrected chi connectivity index (χ2v) is 16.1. The molecular formula is C33H53NO3. The Morgan fingerprint density at radius 1 is 0.919 bits per heavy atom. The Balaban J connectivity index is 1.59. The van der Waals surface area contributed by atoms with Crippen LogP contribution >= 0.6 is 0 Å². The van der Waals surface area contributed by atoms with Gasteiger partial charge in [-0.3, -0.25) is 9.59 Å². The van der Waals surface area contributed by atoms with Gasteiger partial charge in [-0.25, -0.2) is 0 Å². The van der Waals surface area contributed by atoms with Gasteiger partial charge in [0.25, 0.3) is 0 Å². The van der Waals surface area contributed by atoms with Crippen LogP contribution in [0.1, 0.15) is 106 Å². The first-order valence-corrected chi connectivity index (χ1v) is 15.0. The molecule has 5 rings (SSSR count). The summed E-state index contributed by atoms with van der Waals surface area (Å²) in [6.45, 7) is 16.9. The number of hydrogen-bond acceptors (Lipinski definition) is 4. The lowest BCUT2D eigenvalue weighted by Gasteiger charge is -2.71. The lowest BCUT2D eigenvalue weighted by atomic mass is 9.33. The summed E-state index contributed by atoms with van der Waals surface area (Å²) in [6, 6.07) is 0.559. The number of nitrogens with zero attached hydrogens (tertiary/aromatic N) is 1. The number of esters is 1. The number of carbonyl (C=O) groups excluding carboxylic acids is 2. The van der Waals surface area contributed by atoms with E-state index in [2.05, 4.69) is 73.5 Å². The summed E-state index contributed by atoms with van der Waals surface area (Å²) in [5.74, 6) is 1.21. The fourth-order valence-corrected chi connectivity index (χ4v) is 11.5. The molecule has 208 valence electrons. The lowest BCUT2D eigenvalue weighted by molar-refractivity contribution is -0.194. The van der Waals surface area contributed by atoms with Gasteiger partial charge in [-0.05, 0) is 124 Å². The van der Waals surface area contributed by atoms with Crippen molar-refractivity contribution in [2.75, 3.05) is 21.2 Å². The monoisotopic (exact) mass is 511 g/mol. The smallest absolute Gasteiger partial charge is 0.311 e. The third-order valence-electron chi connectivity index (χ3n) is 13.9. The zero-order valence-corrected chi connectivity index (χ0v) is 25.4.